The molecule has 1 N–H and O–H groups in total. The second kappa shape index (κ2) is 6.91. The Balaban J connectivity index is 2.02. The van der Waals surface area contributed by atoms with Gasteiger partial charge in [-0.3, -0.25) is 4.79 Å². The highest BCUT2D eigenvalue weighted by Crippen LogP contribution is 2.23. The van der Waals surface area contributed by atoms with Crippen molar-refractivity contribution in [2.24, 2.45) is 0 Å². The number of nitrogens with zero attached hydrogens (tertiary/aromatic N) is 1. The molecule has 23 heavy (non-hydrogen) atoms. The molecular formula is C17H20N2O3S. The van der Waals surface area contributed by atoms with E-state index in [-0.39, 0.29) is 17.1 Å². The summed E-state index contributed by atoms with van der Waals surface area (Å²) in [6.45, 7) is 7.15. The number of thiazole rings is 1. The van der Waals surface area contributed by atoms with Crippen molar-refractivity contribution < 1.29 is 14.3 Å². The molecule has 1 heterocycles. The number of nitrogens with one attached hydrogen (secondary N) is 1. The molecule has 1 aromatic carbocycles. The van der Waals surface area contributed by atoms with Gasteiger partial charge in [-0.2, -0.15) is 0 Å². The summed E-state index contributed by atoms with van der Waals surface area (Å²) in [5.41, 5.74) is 0.776. The Morgan fingerprint density at radius 3 is 2.48 bits per heavy atom. The van der Waals surface area contributed by atoms with Gasteiger partial charge in [-0.1, -0.05) is 30.3 Å². The first-order chi connectivity index (χ1) is 10.8. The van der Waals surface area contributed by atoms with E-state index in [4.69, 9.17) is 4.74 Å². The Bertz CT molecular complexity index is 689. The topological polar surface area (TPSA) is 68.3 Å². The number of carbonyl (C=O) groups is 2. The fourth-order valence-electron chi connectivity index (χ4n) is 1.83. The van der Waals surface area contributed by atoms with Gasteiger partial charge in [-0.25, -0.2) is 9.78 Å². The summed E-state index contributed by atoms with van der Waals surface area (Å²) >= 11 is 1.36. The maximum Gasteiger partial charge on any atom is 0.358 e. The third-order valence-corrected chi connectivity index (χ3v) is 3.78. The van der Waals surface area contributed by atoms with Crippen LogP contribution in [0.2, 0.25) is 0 Å². The van der Waals surface area contributed by atoms with E-state index in [0.29, 0.717) is 0 Å². The molecule has 0 aliphatic rings. The van der Waals surface area contributed by atoms with Crippen molar-refractivity contribution in [2.45, 2.75) is 39.3 Å². The Morgan fingerprint density at radius 1 is 1.22 bits per heavy atom. The molecule has 2 aromatic rings. The number of aromatic nitrogens is 1. The zero-order chi connectivity index (χ0) is 17.0. The van der Waals surface area contributed by atoms with Crippen LogP contribution >= 0.6 is 11.3 Å². The van der Waals surface area contributed by atoms with Crippen LogP contribution in [0.5, 0.6) is 0 Å². The smallest absolute Gasteiger partial charge is 0.358 e. The van der Waals surface area contributed by atoms with Gasteiger partial charge in [0.15, 0.2) is 11.8 Å². The number of rotatable bonds is 4. The average Bonchev–Trinajstić information content (AvgIpc) is 2.96. The second-order valence-corrected chi connectivity index (χ2v) is 7.05. The fourth-order valence-corrected chi connectivity index (χ4v) is 2.62. The van der Waals surface area contributed by atoms with Crippen molar-refractivity contribution in [2.75, 3.05) is 0 Å². The molecule has 0 aliphatic carbocycles. The Labute approximate surface area is 139 Å². The molecule has 6 heteroatoms. The maximum atomic E-state index is 12.1. The lowest BCUT2D eigenvalue weighted by molar-refractivity contribution is -0.130. The number of ether oxygens (including phenoxy) is 1. The number of esters is 1. The molecule has 0 saturated carbocycles. The van der Waals surface area contributed by atoms with Crippen molar-refractivity contribution in [1.82, 2.24) is 10.3 Å². The van der Waals surface area contributed by atoms with Crippen molar-refractivity contribution in [3.05, 3.63) is 41.4 Å². The number of hydrogen-bond donors (Lipinski definition) is 1. The van der Waals surface area contributed by atoms with Crippen molar-refractivity contribution in [1.29, 1.82) is 0 Å². The van der Waals surface area contributed by atoms with E-state index in [1.807, 2.05) is 51.1 Å². The first kappa shape index (κ1) is 17.1. The van der Waals surface area contributed by atoms with Crippen LogP contribution in [0.4, 0.5) is 0 Å². The van der Waals surface area contributed by atoms with Crippen LogP contribution in [0.25, 0.3) is 10.6 Å². The van der Waals surface area contributed by atoms with E-state index >= 15 is 0 Å². The van der Waals surface area contributed by atoms with Crippen LogP contribution in [-0.2, 0) is 9.53 Å². The molecule has 2 rings (SSSR count). The summed E-state index contributed by atoms with van der Waals surface area (Å²) in [6, 6.07) is 9.59. The van der Waals surface area contributed by atoms with E-state index < -0.39 is 12.1 Å². The predicted octanol–water partition coefficient (Wildman–Crippen LogP) is 3.27. The van der Waals surface area contributed by atoms with Crippen molar-refractivity contribution >= 4 is 23.2 Å². The zero-order valence-corrected chi connectivity index (χ0v) is 14.4. The first-order valence-corrected chi connectivity index (χ1v) is 8.18. The quantitative estimate of drug-likeness (QED) is 0.873. The minimum absolute atomic E-state index is 0.212. The number of amides is 1. The van der Waals surface area contributed by atoms with Gasteiger partial charge in [-0.05, 0) is 27.7 Å². The lowest BCUT2D eigenvalue weighted by atomic mass is 10.1. The molecule has 0 spiro atoms. The monoisotopic (exact) mass is 332 g/mol. The summed E-state index contributed by atoms with van der Waals surface area (Å²) in [5, 5.41) is 5.15. The Hall–Kier alpha value is -2.21. The molecule has 0 saturated heterocycles. The molecule has 0 radical (unpaired) electrons. The molecule has 0 unspecified atom stereocenters. The highest BCUT2D eigenvalue weighted by Gasteiger charge is 2.24. The summed E-state index contributed by atoms with van der Waals surface area (Å²) in [7, 11) is 0. The number of carbonyl (C=O) groups excluding carboxylic acids is 2. The van der Waals surface area contributed by atoms with Crippen molar-refractivity contribution in [3.8, 4) is 10.6 Å². The SMILES string of the molecule is C[C@H](OC(=O)c1csc(-c2ccccc2)n1)C(=O)NC(C)(C)C. The van der Waals surface area contributed by atoms with E-state index in [0.717, 1.165) is 10.6 Å². The van der Waals surface area contributed by atoms with Gasteiger partial charge in [0.1, 0.15) is 5.01 Å². The third kappa shape index (κ3) is 4.89. The zero-order valence-electron chi connectivity index (χ0n) is 13.6. The maximum absolute atomic E-state index is 12.1. The van der Waals surface area contributed by atoms with Gasteiger partial charge in [0, 0.05) is 16.5 Å². The Morgan fingerprint density at radius 2 is 1.87 bits per heavy atom. The minimum Gasteiger partial charge on any atom is -0.448 e. The highest BCUT2D eigenvalue weighted by molar-refractivity contribution is 7.13. The molecule has 1 amide bonds. The summed E-state index contributed by atoms with van der Waals surface area (Å²) < 4.78 is 5.19. The largest absolute Gasteiger partial charge is 0.448 e. The molecule has 122 valence electrons. The van der Waals surface area contributed by atoms with Crippen LogP contribution < -0.4 is 5.32 Å². The van der Waals surface area contributed by atoms with Crippen LogP contribution in [0.1, 0.15) is 38.2 Å². The first-order valence-electron chi connectivity index (χ1n) is 7.30. The van der Waals surface area contributed by atoms with E-state index in [1.54, 1.807) is 12.3 Å². The Kier molecular flexibility index (Phi) is 5.15. The fraction of sp³-hybridized carbons (Fsp3) is 0.353. The number of hydrogen-bond acceptors (Lipinski definition) is 5. The molecule has 1 aromatic heterocycles. The standard InChI is InChI=1S/C17H20N2O3S/c1-11(14(20)19-17(2,3)4)22-16(21)13-10-23-15(18-13)12-8-6-5-7-9-12/h5-11H,1-4H3,(H,19,20)/t11-/m0/s1. The van der Waals surface area contributed by atoms with Crippen LogP contribution in [0.15, 0.2) is 35.7 Å². The lowest BCUT2D eigenvalue weighted by Crippen LogP contribution is -2.46. The van der Waals surface area contributed by atoms with Gasteiger partial charge in [0.05, 0.1) is 0 Å². The summed E-state index contributed by atoms with van der Waals surface area (Å²) in [5.74, 6) is -0.927. The van der Waals surface area contributed by atoms with E-state index in [1.165, 1.54) is 11.3 Å². The molecule has 0 fully saturated rings. The van der Waals surface area contributed by atoms with Gasteiger partial charge >= 0.3 is 5.97 Å². The lowest BCUT2D eigenvalue weighted by Gasteiger charge is -2.23. The molecular weight excluding hydrogens is 312 g/mol. The highest BCUT2D eigenvalue weighted by atomic mass is 32.1. The van der Waals surface area contributed by atoms with Gasteiger partial charge < -0.3 is 10.1 Å². The molecule has 0 bridgehead atoms. The van der Waals surface area contributed by atoms with Crippen molar-refractivity contribution in [3.63, 3.8) is 0 Å². The predicted molar refractivity (Wildman–Crippen MR) is 90.3 cm³/mol. The van der Waals surface area contributed by atoms with Crippen LogP contribution in [-0.4, -0.2) is 28.5 Å². The molecule has 1 atom stereocenters. The van der Waals surface area contributed by atoms with Crippen LogP contribution in [0, 0.1) is 0 Å². The van der Waals surface area contributed by atoms with Crippen LogP contribution in [0.3, 0.4) is 0 Å². The third-order valence-electron chi connectivity index (χ3n) is 2.89. The normalized spacial score (nSPS) is 12.5. The minimum atomic E-state index is -0.872. The molecule has 5 nitrogen and oxygen atoms in total. The van der Waals surface area contributed by atoms with E-state index in [2.05, 4.69) is 10.3 Å². The average molecular weight is 332 g/mol. The van der Waals surface area contributed by atoms with Gasteiger partial charge in [0.2, 0.25) is 0 Å². The molecule has 0 aliphatic heterocycles. The van der Waals surface area contributed by atoms with Gasteiger partial charge in [-0.15, -0.1) is 11.3 Å². The second-order valence-electron chi connectivity index (χ2n) is 6.19. The van der Waals surface area contributed by atoms with E-state index in [9.17, 15) is 9.59 Å². The summed E-state index contributed by atoms with van der Waals surface area (Å²) in [4.78, 5) is 28.3. The number of benzene rings is 1. The van der Waals surface area contributed by atoms with Gasteiger partial charge in [0.25, 0.3) is 5.91 Å². The summed E-state index contributed by atoms with van der Waals surface area (Å²) in [6.07, 6.45) is -0.872.